The first-order valence-corrected chi connectivity index (χ1v) is 7.84. The zero-order chi connectivity index (χ0) is 17.5. The first kappa shape index (κ1) is 18.9. The van der Waals surface area contributed by atoms with Gasteiger partial charge in [-0.05, 0) is 29.5 Å². The number of esters is 1. The third-order valence-corrected chi connectivity index (χ3v) is 3.36. The highest BCUT2D eigenvalue weighted by Gasteiger charge is 2.16. The Morgan fingerprint density at radius 3 is 2.22 bits per heavy atom. The summed E-state index contributed by atoms with van der Waals surface area (Å²) in [5.74, 6) is -1.55. The lowest BCUT2D eigenvalue weighted by molar-refractivity contribution is -0.148. The van der Waals surface area contributed by atoms with Gasteiger partial charge in [0.15, 0.2) is 6.61 Å². The second-order valence-electron chi connectivity index (χ2n) is 6.47. The Bertz CT molecular complexity index is 555. The highest BCUT2D eigenvalue weighted by Crippen LogP contribution is 2.22. The first-order valence-electron chi connectivity index (χ1n) is 7.84. The van der Waals surface area contributed by atoms with Crippen molar-refractivity contribution in [2.75, 3.05) is 6.61 Å². The lowest BCUT2D eigenvalue weighted by atomic mass is 9.87. The summed E-state index contributed by atoms with van der Waals surface area (Å²) in [5, 5.41) is 2.21. The standard InChI is InChI=1S/C18H25NO4/c1-5-6-7-16(21)23-12-15(20)19-17(22)13-8-10-14(11-9-13)18(2,3)4/h8-11H,5-7,12H2,1-4H3,(H,19,20,22). The van der Waals surface area contributed by atoms with E-state index in [1.165, 1.54) is 0 Å². The van der Waals surface area contributed by atoms with Crippen LogP contribution < -0.4 is 5.32 Å². The molecule has 0 atom stereocenters. The molecule has 1 rings (SSSR count). The number of carbonyl (C=O) groups excluding carboxylic acids is 3. The fraction of sp³-hybridized carbons (Fsp3) is 0.500. The Labute approximate surface area is 137 Å². The number of amides is 2. The van der Waals surface area contributed by atoms with Gasteiger partial charge in [0.1, 0.15) is 0 Å². The number of nitrogens with one attached hydrogen (secondary N) is 1. The van der Waals surface area contributed by atoms with Gasteiger partial charge in [-0.3, -0.25) is 19.7 Å². The van der Waals surface area contributed by atoms with Crippen LogP contribution in [0.3, 0.4) is 0 Å². The lowest BCUT2D eigenvalue weighted by Gasteiger charge is -2.18. The van der Waals surface area contributed by atoms with Gasteiger partial charge in [-0.25, -0.2) is 0 Å². The summed E-state index contributed by atoms with van der Waals surface area (Å²) in [6.45, 7) is 7.77. The normalized spacial score (nSPS) is 11.0. The third-order valence-electron chi connectivity index (χ3n) is 3.36. The van der Waals surface area contributed by atoms with Crippen LogP contribution in [0.15, 0.2) is 24.3 Å². The van der Waals surface area contributed by atoms with E-state index < -0.39 is 24.4 Å². The number of hydrogen-bond acceptors (Lipinski definition) is 4. The second kappa shape index (κ2) is 8.46. The average Bonchev–Trinajstić information content (AvgIpc) is 2.50. The van der Waals surface area contributed by atoms with Gasteiger partial charge in [0.2, 0.25) is 0 Å². The van der Waals surface area contributed by atoms with E-state index in [-0.39, 0.29) is 11.8 Å². The van der Waals surface area contributed by atoms with Gasteiger partial charge in [-0.15, -0.1) is 0 Å². The maximum atomic E-state index is 12.0. The van der Waals surface area contributed by atoms with Crippen LogP contribution in [0.4, 0.5) is 0 Å². The van der Waals surface area contributed by atoms with E-state index in [2.05, 4.69) is 26.1 Å². The van der Waals surface area contributed by atoms with Crippen LogP contribution in [0.25, 0.3) is 0 Å². The van der Waals surface area contributed by atoms with E-state index in [0.29, 0.717) is 5.56 Å². The van der Waals surface area contributed by atoms with Crippen molar-refractivity contribution in [3.8, 4) is 0 Å². The summed E-state index contributed by atoms with van der Waals surface area (Å²) in [4.78, 5) is 34.9. The number of benzene rings is 1. The number of unbranched alkanes of at least 4 members (excludes halogenated alkanes) is 1. The fourth-order valence-corrected chi connectivity index (χ4v) is 1.90. The molecule has 1 N–H and O–H groups in total. The molecule has 0 unspecified atom stereocenters. The Morgan fingerprint density at radius 1 is 1.09 bits per heavy atom. The van der Waals surface area contributed by atoms with Crippen molar-refractivity contribution in [1.29, 1.82) is 0 Å². The number of hydrogen-bond donors (Lipinski definition) is 1. The van der Waals surface area contributed by atoms with Crippen molar-refractivity contribution in [3.05, 3.63) is 35.4 Å². The molecule has 0 aromatic heterocycles. The predicted octanol–water partition coefficient (Wildman–Crippen LogP) is 2.97. The highest BCUT2D eigenvalue weighted by atomic mass is 16.5. The fourth-order valence-electron chi connectivity index (χ4n) is 1.90. The number of imide groups is 1. The molecule has 0 aliphatic carbocycles. The first-order chi connectivity index (χ1) is 10.7. The summed E-state index contributed by atoms with van der Waals surface area (Å²) in [6.07, 6.45) is 1.88. The molecule has 126 valence electrons. The van der Waals surface area contributed by atoms with Crippen LogP contribution in [-0.4, -0.2) is 24.4 Å². The smallest absolute Gasteiger partial charge is 0.306 e. The Kier molecular flexibility index (Phi) is 6.94. The topological polar surface area (TPSA) is 72.5 Å². The van der Waals surface area contributed by atoms with Crippen molar-refractivity contribution in [2.45, 2.75) is 52.4 Å². The van der Waals surface area contributed by atoms with Crippen LogP contribution in [0.2, 0.25) is 0 Å². The number of carbonyl (C=O) groups is 3. The van der Waals surface area contributed by atoms with Gasteiger partial charge in [-0.1, -0.05) is 46.2 Å². The summed E-state index contributed by atoms with van der Waals surface area (Å²) in [5.41, 5.74) is 1.49. The molecular formula is C18H25NO4. The van der Waals surface area contributed by atoms with Crippen LogP contribution in [0.5, 0.6) is 0 Å². The Hall–Kier alpha value is -2.17. The minimum atomic E-state index is -0.625. The zero-order valence-corrected chi connectivity index (χ0v) is 14.3. The lowest BCUT2D eigenvalue weighted by Crippen LogP contribution is -2.34. The molecule has 0 heterocycles. The van der Waals surface area contributed by atoms with Gasteiger partial charge in [0.05, 0.1) is 0 Å². The minimum Gasteiger partial charge on any atom is -0.456 e. The summed E-state index contributed by atoms with van der Waals surface area (Å²) in [6, 6.07) is 7.08. The van der Waals surface area contributed by atoms with Crippen LogP contribution in [0, 0.1) is 0 Å². The molecule has 1 aromatic carbocycles. The molecule has 0 spiro atoms. The molecule has 0 saturated heterocycles. The maximum Gasteiger partial charge on any atom is 0.306 e. The van der Waals surface area contributed by atoms with E-state index >= 15 is 0 Å². The maximum absolute atomic E-state index is 12.0. The summed E-state index contributed by atoms with van der Waals surface area (Å²) in [7, 11) is 0. The molecule has 5 nitrogen and oxygen atoms in total. The molecule has 0 saturated carbocycles. The molecule has 0 fully saturated rings. The summed E-state index contributed by atoms with van der Waals surface area (Å²) >= 11 is 0. The molecule has 0 aliphatic heterocycles. The predicted molar refractivity (Wildman–Crippen MR) is 88.1 cm³/mol. The van der Waals surface area contributed by atoms with Gasteiger partial charge in [-0.2, -0.15) is 0 Å². The molecule has 23 heavy (non-hydrogen) atoms. The van der Waals surface area contributed by atoms with Crippen LogP contribution in [-0.2, 0) is 19.7 Å². The van der Waals surface area contributed by atoms with Crippen LogP contribution in [0.1, 0.15) is 62.9 Å². The van der Waals surface area contributed by atoms with Crippen LogP contribution >= 0.6 is 0 Å². The van der Waals surface area contributed by atoms with E-state index in [9.17, 15) is 14.4 Å². The average molecular weight is 319 g/mol. The molecule has 0 radical (unpaired) electrons. The zero-order valence-electron chi connectivity index (χ0n) is 14.3. The molecule has 1 aromatic rings. The van der Waals surface area contributed by atoms with Crippen molar-refractivity contribution in [3.63, 3.8) is 0 Å². The number of ether oxygens (including phenoxy) is 1. The van der Waals surface area contributed by atoms with E-state index in [0.717, 1.165) is 18.4 Å². The van der Waals surface area contributed by atoms with Gasteiger partial charge >= 0.3 is 5.97 Å². The SMILES string of the molecule is CCCCC(=O)OCC(=O)NC(=O)c1ccc(C(C)(C)C)cc1. The second-order valence-corrected chi connectivity index (χ2v) is 6.47. The van der Waals surface area contributed by atoms with Crippen molar-refractivity contribution < 1.29 is 19.1 Å². The van der Waals surface area contributed by atoms with E-state index in [4.69, 9.17) is 4.74 Å². The minimum absolute atomic E-state index is 0.00246. The number of rotatable bonds is 6. The van der Waals surface area contributed by atoms with Crippen molar-refractivity contribution in [2.24, 2.45) is 0 Å². The van der Waals surface area contributed by atoms with E-state index in [1.807, 2.05) is 19.1 Å². The molecular weight excluding hydrogens is 294 g/mol. The van der Waals surface area contributed by atoms with E-state index in [1.54, 1.807) is 12.1 Å². The van der Waals surface area contributed by atoms with Crippen molar-refractivity contribution >= 4 is 17.8 Å². The van der Waals surface area contributed by atoms with Gasteiger partial charge in [0.25, 0.3) is 11.8 Å². The largest absolute Gasteiger partial charge is 0.456 e. The molecule has 5 heteroatoms. The van der Waals surface area contributed by atoms with Gasteiger partial charge in [0, 0.05) is 12.0 Å². The Balaban J connectivity index is 2.49. The monoisotopic (exact) mass is 319 g/mol. The molecule has 2 amide bonds. The van der Waals surface area contributed by atoms with Gasteiger partial charge < -0.3 is 4.74 Å². The Morgan fingerprint density at radius 2 is 1.70 bits per heavy atom. The summed E-state index contributed by atoms with van der Waals surface area (Å²) < 4.78 is 4.80. The van der Waals surface area contributed by atoms with Crippen molar-refractivity contribution in [1.82, 2.24) is 5.32 Å². The molecule has 0 bridgehead atoms. The highest BCUT2D eigenvalue weighted by molar-refractivity contribution is 6.05. The molecule has 0 aliphatic rings. The quantitative estimate of drug-likeness (QED) is 0.818. The third kappa shape index (κ3) is 6.63.